The van der Waals surface area contributed by atoms with Gasteiger partial charge in [0, 0.05) is 30.7 Å². The summed E-state index contributed by atoms with van der Waals surface area (Å²) in [6, 6.07) is 0. The third-order valence-corrected chi connectivity index (χ3v) is 3.30. The molecule has 1 fully saturated rings. The van der Waals surface area contributed by atoms with Crippen LogP contribution in [0, 0.1) is 5.41 Å². The number of rotatable bonds is 4. The normalized spacial score (nSPS) is 20.2. The van der Waals surface area contributed by atoms with E-state index >= 15 is 0 Å². The summed E-state index contributed by atoms with van der Waals surface area (Å²) in [7, 11) is 0. The average molecular weight is 271 g/mol. The first-order valence-electron chi connectivity index (χ1n) is 7.16. The SMILES string of the molecule is CCNC(=NCC1(CO)CCOCC1)NC(C)(C)C. The van der Waals surface area contributed by atoms with Gasteiger partial charge >= 0.3 is 0 Å². The summed E-state index contributed by atoms with van der Waals surface area (Å²) in [5, 5.41) is 16.3. The molecule has 1 aliphatic rings. The van der Waals surface area contributed by atoms with Gasteiger partial charge in [-0.3, -0.25) is 4.99 Å². The van der Waals surface area contributed by atoms with Crippen LogP contribution >= 0.6 is 0 Å². The van der Waals surface area contributed by atoms with Crippen LogP contribution in [0.3, 0.4) is 0 Å². The van der Waals surface area contributed by atoms with Crippen molar-refractivity contribution in [2.45, 2.75) is 46.1 Å². The van der Waals surface area contributed by atoms with Gasteiger partial charge in [-0.1, -0.05) is 0 Å². The van der Waals surface area contributed by atoms with Gasteiger partial charge in [0.05, 0.1) is 13.2 Å². The number of hydrogen-bond acceptors (Lipinski definition) is 3. The second kappa shape index (κ2) is 7.10. The fourth-order valence-corrected chi connectivity index (χ4v) is 2.08. The molecule has 0 atom stereocenters. The minimum absolute atomic E-state index is 0.0247. The highest BCUT2D eigenvalue weighted by atomic mass is 16.5. The van der Waals surface area contributed by atoms with Gasteiger partial charge in [0.25, 0.3) is 0 Å². The summed E-state index contributed by atoms with van der Waals surface area (Å²) in [4.78, 5) is 4.64. The maximum Gasteiger partial charge on any atom is 0.191 e. The van der Waals surface area contributed by atoms with Gasteiger partial charge in [-0.2, -0.15) is 0 Å². The van der Waals surface area contributed by atoms with Crippen LogP contribution in [-0.2, 0) is 4.74 Å². The number of nitrogens with one attached hydrogen (secondary N) is 2. The first kappa shape index (κ1) is 16.2. The van der Waals surface area contributed by atoms with Gasteiger partial charge in [-0.05, 0) is 40.5 Å². The Balaban J connectivity index is 2.67. The highest BCUT2D eigenvalue weighted by Crippen LogP contribution is 2.30. The first-order valence-corrected chi connectivity index (χ1v) is 7.16. The van der Waals surface area contributed by atoms with Crippen molar-refractivity contribution in [3.05, 3.63) is 0 Å². The van der Waals surface area contributed by atoms with Crippen LogP contribution in [0.5, 0.6) is 0 Å². The van der Waals surface area contributed by atoms with E-state index in [1.165, 1.54) is 0 Å². The monoisotopic (exact) mass is 271 g/mol. The van der Waals surface area contributed by atoms with Crippen LogP contribution in [0.25, 0.3) is 0 Å². The zero-order valence-corrected chi connectivity index (χ0v) is 12.8. The molecule has 0 spiro atoms. The Morgan fingerprint density at radius 3 is 2.42 bits per heavy atom. The molecule has 1 heterocycles. The van der Waals surface area contributed by atoms with E-state index < -0.39 is 0 Å². The minimum Gasteiger partial charge on any atom is -0.396 e. The van der Waals surface area contributed by atoms with Gasteiger partial charge < -0.3 is 20.5 Å². The standard InChI is InChI=1S/C14H29N3O2/c1-5-15-12(17-13(2,3)4)16-10-14(11-18)6-8-19-9-7-14/h18H,5-11H2,1-4H3,(H2,15,16,17). The zero-order chi connectivity index (χ0) is 14.4. The fourth-order valence-electron chi connectivity index (χ4n) is 2.08. The lowest BCUT2D eigenvalue weighted by atomic mass is 9.81. The molecular formula is C14H29N3O2. The van der Waals surface area contributed by atoms with Gasteiger partial charge in [-0.15, -0.1) is 0 Å². The quantitative estimate of drug-likeness (QED) is 0.530. The second-order valence-corrected chi connectivity index (χ2v) is 6.34. The van der Waals surface area contributed by atoms with Gasteiger partial charge in [0.2, 0.25) is 0 Å². The smallest absolute Gasteiger partial charge is 0.191 e. The van der Waals surface area contributed by atoms with Crippen LogP contribution in [0.15, 0.2) is 4.99 Å². The Kier molecular flexibility index (Phi) is 6.07. The van der Waals surface area contributed by atoms with Crippen LogP contribution in [0.2, 0.25) is 0 Å². The maximum absolute atomic E-state index is 9.65. The molecule has 0 saturated carbocycles. The van der Waals surface area contributed by atoms with Gasteiger partial charge in [0.1, 0.15) is 0 Å². The molecule has 5 heteroatoms. The number of hydrogen-bond donors (Lipinski definition) is 3. The van der Waals surface area contributed by atoms with Crippen molar-refractivity contribution < 1.29 is 9.84 Å². The lowest BCUT2D eigenvalue weighted by molar-refractivity contribution is -0.0106. The molecule has 1 saturated heterocycles. The molecule has 0 amide bonds. The summed E-state index contributed by atoms with van der Waals surface area (Å²) in [5.41, 5.74) is -0.137. The largest absolute Gasteiger partial charge is 0.396 e. The Labute approximate surface area is 116 Å². The minimum atomic E-state index is -0.113. The van der Waals surface area contributed by atoms with Crippen LogP contribution in [-0.4, -0.2) is 49.5 Å². The summed E-state index contributed by atoms with van der Waals surface area (Å²) in [6.45, 7) is 11.5. The average Bonchev–Trinajstić information content (AvgIpc) is 2.36. The second-order valence-electron chi connectivity index (χ2n) is 6.34. The Hall–Kier alpha value is -0.810. The maximum atomic E-state index is 9.65. The van der Waals surface area contributed by atoms with Crippen molar-refractivity contribution in [1.29, 1.82) is 0 Å². The zero-order valence-electron chi connectivity index (χ0n) is 12.8. The summed E-state index contributed by atoms with van der Waals surface area (Å²) >= 11 is 0. The third-order valence-electron chi connectivity index (χ3n) is 3.30. The van der Waals surface area contributed by atoms with Crippen molar-refractivity contribution in [3.8, 4) is 0 Å². The summed E-state index contributed by atoms with van der Waals surface area (Å²) in [6.07, 6.45) is 1.75. The van der Waals surface area contributed by atoms with Crippen LogP contribution < -0.4 is 10.6 Å². The number of nitrogens with zero attached hydrogens (tertiary/aromatic N) is 1. The van der Waals surface area contributed by atoms with Crippen molar-refractivity contribution in [2.24, 2.45) is 10.4 Å². The Morgan fingerprint density at radius 1 is 1.32 bits per heavy atom. The van der Waals surface area contributed by atoms with Crippen LogP contribution in [0.4, 0.5) is 0 Å². The highest BCUT2D eigenvalue weighted by Gasteiger charge is 2.32. The van der Waals surface area contributed by atoms with Crippen molar-refractivity contribution >= 4 is 5.96 Å². The highest BCUT2D eigenvalue weighted by molar-refractivity contribution is 5.80. The number of aliphatic hydroxyl groups excluding tert-OH is 1. The Morgan fingerprint density at radius 2 is 1.95 bits per heavy atom. The number of ether oxygens (including phenoxy) is 1. The number of aliphatic imine (C=N–C) groups is 1. The topological polar surface area (TPSA) is 65.9 Å². The van der Waals surface area contributed by atoms with E-state index in [9.17, 15) is 5.11 Å². The predicted octanol–water partition coefficient (Wildman–Crippen LogP) is 1.13. The van der Waals surface area contributed by atoms with E-state index in [1.54, 1.807) is 0 Å². The Bertz CT molecular complexity index is 292. The number of guanidine groups is 1. The summed E-state index contributed by atoms with van der Waals surface area (Å²) in [5.74, 6) is 0.814. The third kappa shape index (κ3) is 5.78. The molecule has 5 nitrogen and oxygen atoms in total. The van der Waals surface area contributed by atoms with E-state index in [4.69, 9.17) is 4.74 Å². The van der Waals surface area contributed by atoms with Gasteiger partial charge in [-0.25, -0.2) is 0 Å². The van der Waals surface area contributed by atoms with Crippen molar-refractivity contribution in [3.63, 3.8) is 0 Å². The molecule has 112 valence electrons. The molecule has 19 heavy (non-hydrogen) atoms. The van der Waals surface area contributed by atoms with Gasteiger partial charge in [0.15, 0.2) is 5.96 Å². The molecule has 1 rings (SSSR count). The van der Waals surface area contributed by atoms with E-state index in [1.807, 2.05) is 0 Å². The molecule has 0 aromatic carbocycles. The molecule has 0 aliphatic carbocycles. The molecule has 0 radical (unpaired) electrons. The molecule has 1 aliphatic heterocycles. The lowest BCUT2D eigenvalue weighted by Gasteiger charge is -2.34. The molecule has 0 bridgehead atoms. The lowest BCUT2D eigenvalue weighted by Crippen LogP contribution is -2.48. The molecule has 0 aromatic rings. The molecule has 3 N–H and O–H groups in total. The number of aliphatic hydroxyl groups is 1. The molecule has 0 aromatic heterocycles. The first-order chi connectivity index (χ1) is 8.91. The molecule has 0 unspecified atom stereocenters. The van der Waals surface area contributed by atoms with E-state index in [0.717, 1.165) is 38.6 Å². The van der Waals surface area contributed by atoms with Crippen molar-refractivity contribution in [1.82, 2.24) is 10.6 Å². The van der Waals surface area contributed by atoms with Crippen molar-refractivity contribution in [2.75, 3.05) is 32.9 Å². The summed E-state index contributed by atoms with van der Waals surface area (Å²) < 4.78 is 5.37. The fraction of sp³-hybridized carbons (Fsp3) is 0.929. The van der Waals surface area contributed by atoms with Crippen LogP contribution in [0.1, 0.15) is 40.5 Å². The van der Waals surface area contributed by atoms with E-state index in [2.05, 4.69) is 43.3 Å². The molecular weight excluding hydrogens is 242 g/mol. The predicted molar refractivity (Wildman–Crippen MR) is 78.4 cm³/mol. The van der Waals surface area contributed by atoms with E-state index in [0.29, 0.717) is 6.54 Å². The van der Waals surface area contributed by atoms with E-state index in [-0.39, 0.29) is 17.6 Å².